The number of carbonyl (C=O) groups is 1. The minimum Gasteiger partial charge on any atom is -0.457 e. The third-order valence-electron chi connectivity index (χ3n) is 4.76. The molecule has 2 aliphatic rings. The molecule has 0 unspecified atom stereocenters. The van der Waals surface area contributed by atoms with Gasteiger partial charge in [0.25, 0.3) is 0 Å². The van der Waals surface area contributed by atoms with E-state index in [1.807, 2.05) is 29.7 Å². The first-order valence-electron chi connectivity index (χ1n) is 7.35. The van der Waals surface area contributed by atoms with Crippen molar-refractivity contribution in [2.24, 2.45) is 11.8 Å². The Kier molecular flexibility index (Phi) is 2.59. The van der Waals surface area contributed by atoms with Crippen LogP contribution in [-0.2, 0) is 4.74 Å². The Morgan fingerprint density at radius 1 is 1.40 bits per heavy atom. The summed E-state index contributed by atoms with van der Waals surface area (Å²) in [6.07, 6.45) is 8.61. The van der Waals surface area contributed by atoms with Gasteiger partial charge in [-0.3, -0.25) is 0 Å². The second-order valence-electron chi connectivity index (χ2n) is 6.21. The minimum atomic E-state index is -0.274. The van der Waals surface area contributed by atoms with Crippen molar-refractivity contribution < 1.29 is 9.53 Å². The summed E-state index contributed by atoms with van der Waals surface area (Å²) in [7, 11) is 0. The van der Waals surface area contributed by atoms with E-state index >= 15 is 0 Å². The van der Waals surface area contributed by atoms with Crippen molar-refractivity contribution >= 4 is 11.6 Å². The Morgan fingerprint density at radius 3 is 3.05 bits per heavy atom. The highest BCUT2D eigenvalue weighted by molar-refractivity contribution is 5.88. The minimum absolute atomic E-state index is 0.118. The third kappa shape index (κ3) is 1.90. The molecule has 4 nitrogen and oxygen atoms in total. The molecule has 0 radical (unpaired) electrons. The van der Waals surface area contributed by atoms with Crippen molar-refractivity contribution in [3.8, 4) is 0 Å². The van der Waals surface area contributed by atoms with Crippen LogP contribution < -0.4 is 0 Å². The van der Waals surface area contributed by atoms with Crippen molar-refractivity contribution in [1.82, 2.24) is 9.38 Å². The molecular formula is C16H18N2O2. The molecule has 2 bridgehead atoms. The van der Waals surface area contributed by atoms with Crippen molar-refractivity contribution in [2.75, 3.05) is 0 Å². The summed E-state index contributed by atoms with van der Waals surface area (Å²) < 4.78 is 7.54. The van der Waals surface area contributed by atoms with Crippen LogP contribution in [0.15, 0.2) is 24.5 Å². The molecule has 2 aromatic rings. The Balaban J connectivity index is 1.54. The second-order valence-corrected chi connectivity index (χ2v) is 6.21. The molecule has 2 aromatic heterocycles. The summed E-state index contributed by atoms with van der Waals surface area (Å²) in [5, 5.41) is 0. The number of carbonyl (C=O) groups excluding carboxylic acids is 1. The van der Waals surface area contributed by atoms with Crippen molar-refractivity contribution in [3.05, 3.63) is 35.8 Å². The van der Waals surface area contributed by atoms with Crippen LogP contribution in [0.5, 0.6) is 0 Å². The molecule has 2 fully saturated rings. The number of hydrogen-bond acceptors (Lipinski definition) is 3. The number of fused-ring (bicyclic) bond motifs is 3. The molecule has 0 aliphatic heterocycles. The summed E-state index contributed by atoms with van der Waals surface area (Å²) >= 11 is 0. The summed E-state index contributed by atoms with van der Waals surface area (Å²) in [6.45, 7) is 2.02. The SMILES string of the molecule is Cc1ccn2cc(C(=O)O[C@@H]3C[C@H]4CC[C@H]3C4)nc2c1. The first-order chi connectivity index (χ1) is 9.69. The largest absolute Gasteiger partial charge is 0.457 e. The van der Waals surface area contributed by atoms with E-state index in [1.165, 1.54) is 19.3 Å². The fraction of sp³-hybridized carbons (Fsp3) is 0.500. The Hall–Kier alpha value is -1.84. The van der Waals surface area contributed by atoms with Crippen molar-refractivity contribution in [2.45, 2.75) is 38.7 Å². The lowest BCUT2D eigenvalue weighted by molar-refractivity contribution is 0.0153. The van der Waals surface area contributed by atoms with Crippen LogP contribution in [0.2, 0.25) is 0 Å². The highest BCUT2D eigenvalue weighted by Crippen LogP contribution is 2.46. The Bertz CT molecular complexity index is 676. The van der Waals surface area contributed by atoms with Crippen LogP contribution in [0.4, 0.5) is 0 Å². The number of rotatable bonds is 2. The zero-order chi connectivity index (χ0) is 13.7. The van der Waals surface area contributed by atoms with Crippen LogP contribution in [0.1, 0.15) is 41.7 Å². The fourth-order valence-electron chi connectivity index (χ4n) is 3.71. The van der Waals surface area contributed by atoms with E-state index in [2.05, 4.69) is 4.98 Å². The molecule has 0 amide bonds. The van der Waals surface area contributed by atoms with Crippen LogP contribution >= 0.6 is 0 Å². The number of hydrogen-bond donors (Lipinski definition) is 0. The van der Waals surface area contributed by atoms with E-state index in [4.69, 9.17) is 4.74 Å². The van der Waals surface area contributed by atoms with Gasteiger partial charge < -0.3 is 9.14 Å². The topological polar surface area (TPSA) is 43.6 Å². The molecule has 4 heteroatoms. The van der Waals surface area contributed by atoms with Gasteiger partial charge in [-0.2, -0.15) is 0 Å². The lowest BCUT2D eigenvalue weighted by Crippen LogP contribution is -2.24. The van der Waals surface area contributed by atoms with Gasteiger partial charge in [0.1, 0.15) is 11.8 Å². The van der Waals surface area contributed by atoms with E-state index in [9.17, 15) is 4.79 Å². The molecule has 104 valence electrons. The van der Waals surface area contributed by atoms with Crippen molar-refractivity contribution in [1.29, 1.82) is 0 Å². The summed E-state index contributed by atoms with van der Waals surface area (Å²) in [5.74, 6) is 1.09. The zero-order valence-corrected chi connectivity index (χ0v) is 11.6. The predicted octanol–water partition coefficient (Wildman–Crippen LogP) is 2.99. The molecule has 0 spiro atoms. The van der Waals surface area contributed by atoms with Gasteiger partial charge in [-0.1, -0.05) is 0 Å². The lowest BCUT2D eigenvalue weighted by Gasteiger charge is -2.21. The van der Waals surface area contributed by atoms with Crippen LogP contribution in [-0.4, -0.2) is 21.5 Å². The molecular weight excluding hydrogens is 252 g/mol. The Morgan fingerprint density at radius 2 is 2.30 bits per heavy atom. The molecule has 2 aliphatic carbocycles. The van der Waals surface area contributed by atoms with Gasteiger partial charge in [0.2, 0.25) is 0 Å². The molecule has 20 heavy (non-hydrogen) atoms. The standard InChI is InChI=1S/C16H18N2O2/c1-10-4-5-18-9-13(17-15(18)6-10)16(19)20-14-8-11-2-3-12(14)7-11/h4-6,9,11-12,14H,2-3,7-8H2,1H3/t11-,12-,14+/m0/s1. The van der Waals surface area contributed by atoms with Crippen LogP contribution in [0.25, 0.3) is 5.65 Å². The van der Waals surface area contributed by atoms with E-state index in [0.29, 0.717) is 11.6 Å². The normalized spacial score (nSPS) is 28.1. The van der Waals surface area contributed by atoms with Crippen LogP contribution in [0, 0.1) is 18.8 Å². The average molecular weight is 270 g/mol. The maximum Gasteiger partial charge on any atom is 0.358 e. The maximum atomic E-state index is 12.2. The quantitative estimate of drug-likeness (QED) is 0.788. The van der Waals surface area contributed by atoms with Gasteiger partial charge in [0, 0.05) is 12.4 Å². The number of aryl methyl sites for hydroxylation is 1. The molecule has 4 rings (SSSR count). The van der Waals surface area contributed by atoms with Crippen molar-refractivity contribution in [3.63, 3.8) is 0 Å². The van der Waals surface area contributed by atoms with Gasteiger partial charge >= 0.3 is 5.97 Å². The Labute approximate surface area is 117 Å². The monoisotopic (exact) mass is 270 g/mol. The zero-order valence-electron chi connectivity index (χ0n) is 11.6. The number of esters is 1. The maximum absolute atomic E-state index is 12.2. The molecule has 0 N–H and O–H groups in total. The van der Waals surface area contributed by atoms with Gasteiger partial charge in [-0.25, -0.2) is 9.78 Å². The summed E-state index contributed by atoms with van der Waals surface area (Å²) in [4.78, 5) is 16.6. The lowest BCUT2D eigenvalue weighted by atomic mass is 9.98. The van der Waals surface area contributed by atoms with Gasteiger partial charge in [0.05, 0.1) is 0 Å². The van der Waals surface area contributed by atoms with E-state index in [1.54, 1.807) is 6.20 Å². The van der Waals surface area contributed by atoms with Crippen LogP contribution in [0.3, 0.4) is 0 Å². The molecule has 0 aromatic carbocycles. The molecule has 2 saturated carbocycles. The number of imidazole rings is 1. The second kappa shape index (κ2) is 4.33. The first-order valence-corrected chi connectivity index (χ1v) is 7.35. The van der Waals surface area contributed by atoms with Gasteiger partial charge in [-0.15, -0.1) is 0 Å². The summed E-state index contributed by atoms with van der Waals surface area (Å²) in [5.41, 5.74) is 2.35. The first kappa shape index (κ1) is 11.9. The third-order valence-corrected chi connectivity index (χ3v) is 4.76. The smallest absolute Gasteiger partial charge is 0.358 e. The van der Waals surface area contributed by atoms with Gasteiger partial charge in [-0.05, 0) is 62.1 Å². The average Bonchev–Trinajstić information content (AvgIpc) is 3.11. The number of nitrogens with zero attached hydrogens (tertiary/aromatic N) is 2. The number of ether oxygens (including phenoxy) is 1. The fourth-order valence-corrected chi connectivity index (χ4v) is 3.71. The highest BCUT2D eigenvalue weighted by Gasteiger charge is 2.41. The molecule has 0 saturated heterocycles. The van der Waals surface area contributed by atoms with E-state index in [-0.39, 0.29) is 12.1 Å². The van der Waals surface area contributed by atoms with Gasteiger partial charge in [0.15, 0.2) is 5.69 Å². The predicted molar refractivity (Wildman–Crippen MR) is 74.6 cm³/mol. The number of aromatic nitrogens is 2. The number of pyridine rings is 1. The summed E-state index contributed by atoms with van der Waals surface area (Å²) in [6, 6.07) is 3.97. The van der Waals surface area contributed by atoms with E-state index in [0.717, 1.165) is 23.5 Å². The highest BCUT2D eigenvalue weighted by atomic mass is 16.5. The van der Waals surface area contributed by atoms with E-state index < -0.39 is 0 Å². The molecule has 2 heterocycles. The molecule has 3 atom stereocenters.